The minimum Gasteiger partial charge on any atom is -0.338 e. The van der Waals surface area contributed by atoms with Crippen molar-refractivity contribution < 1.29 is 0 Å². The van der Waals surface area contributed by atoms with Crippen molar-refractivity contribution in [3.8, 4) is 0 Å². The first-order valence-electron chi connectivity index (χ1n) is 6.60. The predicted molar refractivity (Wildman–Crippen MR) is 74.2 cm³/mol. The van der Waals surface area contributed by atoms with E-state index in [4.69, 9.17) is 5.84 Å². The van der Waals surface area contributed by atoms with Crippen LogP contribution >= 0.6 is 0 Å². The Kier molecular flexibility index (Phi) is 4.34. The fraction of sp³-hybridized carbons (Fsp3) is 0.538. The van der Waals surface area contributed by atoms with Crippen molar-refractivity contribution in [1.82, 2.24) is 24.8 Å². The van der Waals surface area contributed by atoms with Crippen LogP contribution in [0, 0.1) is 0 Å². The average Bonchev–Trinajstić information content (AvgIpc) is 2.97. The van der Waals surface area contributed by atoms with Gasteiger partial charge in [0, 0.05) is 50.7 Å². The zero-order valence-electron chi connectivity index (χ0n) is 11.8. The summed E-state index contributed by atoms with van der Waals surface area (Å²) < 4.78 is 3.89. The highest BCUT2D eigenvalue weighted by molar-refractivity contribution is 5.21. The van der Waals surface area contributed by atoms with E-state index in [1.807, 2.05) is 41.9 Å². The lowest BCUT2D eigenvalue weighted by Gasteiger charge is -2.15. The van der Waals surface area contributed by atoms with Gasteiger partial charge in [0.15, 0.2) is 0 Å². The third kappa shape index (κ3) is 3.02. The molecule has 2 aromatic rings. The first kappa shape index (κ1) is 13.8. The van der Waals surface area contributed by atoms with Crippen molar-refractivity contribution in [2.45, 2.75) is 32.2 Å². The van der Waals surface area contributed by atoms with Gasteiger partial charge in [-0.05, 0) is 12.8 Å². The molecule has 2 heterocycles. The van der Waals surface area contributed by atoms with Gasteiger partial charge >= 0.3 is 0 Å². The first-order valence-corrected chi connectivity index (χ1v) is 6.60. The van der Waals surface area contributed by atoms with Crippen LogP contribution in [0.5, 0.6) is 0 Å². The second-order valence-electron chi connectivity index (χ2n) is 4.77. The molecule has 0 aliphatic rings. The van der Waals surface area contributed by atoms with Crippen LogP contribution in [0.4, 0.5) is 0 Å². The quantitative estimate of drug-likeness (QED) is 0.598. The van der Waals surface area contributed by atoms with Gasteiger partial charge in [-0.15, -0.1) is 0 Å². The van der Waals surface area contributed by atoms with Crippen LogP contribution in [0.25, 0.3) is 0 Å². The number of nitrogens with zero attached hydrogens (tertiary/aromatic N) is 4. The number of nitrogens with two attached hydrogens (primary N) is 1. The van der Waals surface area contributed by atoms with Gasteiger partial charge in [0.1, 0.15) is 5.82 Å². The summed E-state index contributed by atoms with van der Waals surface area (Å²) in [6.07, 6.45) is 8.53. The van der Waals surface area contributed by atoms with Gasteiger partial charge < -0.3 is 4.57 Å². The van der Waals surface area contributed by atoms with Gasteiger partial charge in [0.2, 0.25) is 0 Å². The number of aryl methyl sites for hydroxylation is 4. The van der Waals surface area contributed by atoms with Crippen LogP contribution in [0.3, 0.4) is 0 Å². The van der Waals surface area contributed by atoms with Crippen LogP contribution in [0.15, 0.2) is 18.6 Å². The third-order valence-electron chi connectivity index (χ3n) is 3.43. The van der Waals surface area contributed by atoms with Crippen LogP contribution in [0.2, 0.25) is 0 Å². The summed E-state index contributed by atoms with van der Waals surface area (Å²) in [6, 6.07) is 0.111. The molecule has 0 saturated heterocycles. The lowest BCUT2D eigenvalue weighted by molar-refractivity contribution is 0.503. The van der Waals surface area contributed by atoms with Crippen molar-refractivity contribution in [3.63, 3.8) is 0 Å². The minimum absolute atomic E-state index is 0.111. The second kappa shape index (κ2) is 5.99. The molecule has 104 valence electrons. The van der Waals surface area contributed by atoms with E-state index in [9.17, 15) is 0 Å². The molecule has 0 aromatic carbocycles. The SMILES string of the molecule is CCc1nn(C)cc1C(CCc1nccn1C)NN. The van der Waals surface area contributed by atoms with Gasteiger partial charge in [-0.1, -0.05) is 6.92 Å². The van der Waals surface area contributed by atoms with E-state index in [2.05, 4.69) is 22.4 Å². The van der Waals surface area contributed by atoms with Gasteiger partial charge in [-0.2, -0.15) is 5.10 Å². The zero-order chi connectivity index (χ0) is 13.8. The van der Waals surface area contributed by atoms with Crippen molar-refractivity contribution in [2.75, 3.05) is 0 Å². The number of hydrogen-bond donors (Lipinski definition) is 2. The Labute approximate surface area is 113 Å². The molecule has 0 saturated carbocycles. The van der Waals surface area contributed by atoms with E-state index in [1.54, 1.807) is 0 Å². The summed E-state index contributed by atoms with van der Waals surface area (Å²) in [7, 11) is 3.95. The Bertz CT molecular complexity index is 527. The molecule has 0 radical (unpaired) electrons. The molecule has 0 aliphatic carbocycles. The lowest BCUT2D eigenvalue weighted by atomic mass is 10.0. The van der Waals surface area contributed by atoms with Gasteiger partial charge in [0.25, 0.3) is 0 Å². The minimum atomic E-state index is 0.111. The number of nitrogens with one attached hydrogen (secondary N) is 1. The molecule has 0 fully saturated rings. The molecule has 0 amide bonds. The van der Waals surface area contributed by atoms with E-state index in [-0.39, 0.29) is 6.04 Å². The summed E-state index contributed by atoms with van der Waals surface area (Å²) >= 11 is 0. The largest absolute Gasteiger partial charge is 0.338 e. The monoisotopic (exact) mass is 262 g/mol. The van der Waals surface area contributed by atoms with E-state index >= 15 is 0 Å². The Morgan fingerprint density at radius 1 is 1.42 bits per heavy atom. The number of hydrazine groups is 1. The molecule has 0 spiro atoms. The Morgan fingerprint density at radius 2 is 2.21 bits per heavy atom. The summed E-state index contributed by atoms with van der Waals surface area (Å²) in [5.41, 5.74) is 5.18. The molecular weight excluding hydrogens is 240 g/mol. The molecule has 2 rings (SSSR count). The number of hydrogen-bond acceptors (Lipinski definition) is 4. The van der Waals surface area contributed by atoms with Crippen LogP contribution in [0.1, 0.15) is 36.5 Å². The fourth-order valence-corrected chi connectivity index (χ4v) is 2.36. The zero-order valence-corrected chi connectivity index (χ0v) is 11.8. The molecule has 3 N–H and O–H groups in total. The summed E-state index contributed by atoms with van der Waals surface area (Å²) in [4.78, 5) is 4.34. The molecule has 1 unspecified atom stereocenters. The summed E-state index contributed by atoms with van der Waals surface area (Å²) in [5.74, 6) is 6.77. The number of aromatic nitrogens is 4. The van der Waals surface area contributed by atoms with Crippen LogP contribution in [-0.4, -0.2) is 19.3 Å². The van der Waals surface area contributed by atoms with E-state index in [0.29, 0.717) is 0 Å². The van der Waals surface area contributed by atoms with Crippen LogP contribution < -0.4 is 11.3 Å². The normalized spacial score (nSPS) is 12.8. The number of imidazole rings is 1. The Morgan fingerprint density at radius 3 is 2.79 bits per heavy atom. The molecular formula is C13H22N6. The van der Waals surface area contributed by atoms with Crippen molar-refractivity contribution in [1.29, 1.82) is 0 Å². The van der Waals surface area contributed by atoms with Crippen molar-refractivity contribution >= 4 is 0 Å². The van der Waals surface area contributed by atoms with Gasteiger partial charge in [0.05, 0.1) is 5.69 Å². The van der Waals surface area contributed by atoms with E-state index in [0.717, 1.165) is 30.8 Å². The molecule has 19 heavy (non-hydrogen) atoms. The maximum Gasteiger partial charge on any atom is 0.108 e. The van der Waals surface area contributed by atoms with Gasteiger partial charge in [-0.25, -0.2) is 4.98 Å². The molecule has 0 aliphatic heterocycles. The molecule has 1 atom stereocenters. The summed E-state index contributed by atoms with van der Waals surface area (Å²) in [5, 5.41) is 4.46. The second-order valence-corrected chi connectivity index (χ2v) is 4.77. The molecule has 6 heteroatoms. The van der Waals surface area contributed by atoms with E-state index < -0.39 is 0 Å². The smallest absolute Gasteiger partial charge is 0.108 e. The molecule has 2 aromatic heterocycles. The summed E-state index contributed by atoms with van der Waals surface area (Å²) in [6.45, 7) is 2.11. The van der Waals surface area contributed by atoms with Crippen LogP contribution in [-0.2, 0) is 26.9 Å². The average molecular weight is 262 g/mol. The topological polar surface area (TPSA) is 73.7 Å². The fourth-order valence-electron chi connectivity index (χ4n) is 2.36. The standard InChI is InChI=1S/C13H22N6/c1-4-11-10(9-19(3)17-11)12(16-14)5-6-13-15-7-8-18(13)2/h7-9,12,16H,4-6,14H2,1-3H3. The lowest BCUT2D eigenvalue weighted by Crippen LogP contribution is -2.29. The Balaban J connectivity index is 2.09. The van der Waals surface area contributed by atoms with Gasteiger partial charge in [-0.3, -0.25) is 16.0 Å². The van der Waals surface area contributed by atoms with Crippen molar-refractivity contribution in [3.05, 3.63) is 35.7 Å². The number of rotatable bonds is 6. The maximum absolute atomic E-state index is 5.70. The van der Waals surface area contributed by atoms with E-state index in [1.165, 1.54) is 5.56 Å². The third-order valence-corrected chi connectivity index (χ3v) is 3.43. The highest BCUT2D eigenvalue weighted by atomic mass is 15.3. The first-order chi connectivity index (χ1) is 9.15. The maximum atomic E-state index is 5.70. The highest BCUT2D eigenvalue weighted by Crippen LogP contribution is 2.21. The molecule has 0 bridgehead atoms. The predicted octanol–water partition coefficient (Wildman–Crippen LogP) is 0.853. The molecule has 6 nitrogen and oxygen atoms in total. The highest BCUT2D eigenvalue weighted by Gasteiger charge is 2.17. The Hall–Kier alpha value is -1.66. The van der Waals surface area contributed by atoms with Crippen molar-refractivity contribution in [2.24, 2.45) is 19.9 Å².